The van der Waals surface area contributed by atoms with Gasteiger partial charge in [-0.05, 0) is 40.8 Å². The van der Waals surface area contributed by atoms with Gasteiger partial charge in [-0.3, -0.25) is 0 Å². The molecule has 0 bridgehead atoms. The molecule has 0 aromatic heterocycles. The largest absolute Gasteiger partial charge is 0.444 e. The van der Waals surface area contributed by atoms with Crippen molar-refractivity contribution in [3.05, 3.63) is 27.6 Å². The van der Waals surface area contributed by atoms with E-state index in [0.717, 1.165) is 12.1 Å². The average molecular weight is 351 g/mol. The minimum absolute atomic E-state index is 0.433. The van der Waals surface area contributed by atoms with Crippen LogP contribution >= 0.6 is 34.2 Å². The molecule has 0 amide bonds. The number of aliphatic imine (C=N–C) groups is 1. The van der Waals surface area contributed by atoms with Gasteiger partial charge in [0.15, 0.2) is 0 Å². The van der Waals surface area contributed by atoms with Gasteiger partial charge in [0.25, 0.3) is 0 Å². The monoisotopic (exact) mass is 351 g/mol. The second-order valence-corrected chi connectivity index (χ2v) is 4.10. The fraction of sp³-hybridized carbons (Fsp3) is 0.125. The molecule has 1 aromatic carbocycles. The number of hydrogen-bond acceptors (Lipinski definition) is 1. The van der Waals surface area contributed by atoms with Crippen molar-refractivity contribution in [2.24, 2.45) is 4.99 Å². The summed E-state index contributed by atoms with van der Waals surface area (Å²) in [6, 6.07) is 3.63. The van der Waals surface area contributed by atoms with Crippen LogP contribution in [0.1, 0.15) is 0 Å². The Kier molecular flexibility index (Phi) is 3.93. The van der Waals surface area contributed by atoms with E-state index in [-0.39, 0.29) is 0 Å². The highest BCUT2D eigenvalue weighted by atomic mass is 127. The summed E-state index contributed by atoms with van der Waals surface area (Å²) in [6.07, 6.45) is -4.75. The van der Waals surface area contributed by atoms with Crippen LogP contribution < -0.4 is 0 Å². The molecule has 0 heterocycles. The van der Waals surface area contributed by atoms with Crippen LogP contribution in [-0.2, 0) is 0 Å². The summed E-state index contributed by atoms with van der Waals surface area (Å²) < 4.78 is 49.5. The second-order valence-electron chi connectivity index (χ2n) is 2.50. The third-order valence-corrected chi connectivity index (χ3v) is 2.33. The van der Waals surface area contributed by atoms with E-state index >= 15 is 0 Å². The SMILES string of the molecule is Fc1cc(I)ccc1N=C(Cl)C(F)(F)F. The summed E-state index contributed by atoms with van der Waals surface area (Å²) in [5.74, 6) is -0.843. The molecule has 0 N–H and O–H groups in total. The highest BCUT2D eigenvalue weighted by molar-refractivity contribution is 14.1. The molecule has 0 fully saturated rings. The first kappa shape index (κ1) is 12.7. The van der Waals surface area contributed by atoms with E-state index in [1.807, 2.05) is 22.6 Å². The van der Waals surface area contributed by atoms with Crippen molar-refractivity contribution in [2.75, 3.05) is 0 Å². The Bertz CT molecular complexity index is 402. The van der Waals surface area contributed by atoms with Crippen LogP contribution in [0.25, 0.3) is 0 Å². The van der Waals surface area contributed by atoms with Gasteiger partial charge in [0, 0.05) is 3.57 Å². The average Bonchev–Trinajstić information content (AvgIpc) is 2.08. The lowest BCUT2D eigenvalue weighted by Gasteiger charge is -2.03. The maximum Gasteiger partial charge on any atom is 0.444 e. The van der Waals surface area contributed by atoms with Crippen LogP contribution in [0.3, 0.4) is 0 Å². The summed E-state index contributed by atoms with van der Waals surface area (Å²) in [7, 11) is 0. The first-order chi connectivity index (χ1) is 6.80. The van der Waals surface area contributed by atoms with Gasteiger partial charge in [-0.25, -0.2) is 9.38 Å². The van der Waals surface area contributed by atoms with Crippen LogP contribution in [0, 0.1) is 9.39 Å². The number of alkyl halides is 3. The number of halogens is 6. The Balaban J connectivity index is 3.09. The minimum atomic E-state index is -4.75. The van der Waals surface area contributed by atoms with Crippen molar-refractivity contribution in [1.29, 1.82) is 0 Å². The lowest BCUT2D eigenvalue weighted by atomic mass is 10.3. The van der Waals surface area contributed by atoms with Gasteiger partial charge in [0.2, 0.25) is 5.17 Å². The molecule has 0 saturated heterocycles. The van der Waals surface area contributed by atoms with E-state index in [0.29, 0.717) is 3.57 Å². The van der Waals surface area contributed by atoms with Crippen molar-refractivity contribution >= 4 is 45.1 Å². The molecule has 0 aliphatic rings. The first-order valence-electron chi connectivity index (χ1n) is 3.57. The Morgan fingerprint density at radius 1 is 1.33 bits per heavy atom. The van der Waals surface area contributed by atoms with E-state index in [4.69, 9.17) is 11.6 Å². The molecule has 1 nitrogen and oxygen atoms in total. The zero-order valence-corrected chi connectivity index (χ0v) is 9.86. The molecule has 0 spiro atoms. The van der Waals surface area contributed by atoms with Crippen LogP contribution in [-0.4, -0.2) is 11.3 Å². The van der Waals surface area contributed by atoms with E-state index in [1.54, 1.807) is 0 Å². The molecule has 0 unspecified atom stereocenters. The molecule has 7 heteroatoms. The lowest BCUT2D eigenvalue weighted by molar-refractivity contribution is -0.0558. The molecule has 0 aliphatic carbocycles. The predicted molar refractivity (Wildman–Crippen MR) is 58.1 cm³/mol. The Morgan fingerprint density at radius 3 is 2.40 bits per heavy atom. The fourth-order valence-electron chi connectivity index (χ4n) is 0.741. The zero-order chi connectivity index (χ0) is 11.6. The van der Waals surface area contributed by atoms with Crippen molar-refractivity contribution in [2.45, 2.75) is 6.18 Å². The summed E-state index contributed by atoms with van der Waals surface area (Å²) in [5, 5.41) is -1.59. The summed E-state index contributed by atoms with van der Waals surface area (Å²) in [4.78, 5) is 2.95. The normalized spacial score (nSPS) is 13.1. The minimum Gasteiger partial charge on any atom is -0.229 e. The van der Waals surface area contributed by atoms with Crippen molar-refractivity contribution in [1.82, 2.24) is 0 Å². The number of rotatable bonds is 1. The molecule has 0 aliphatic heterocycles. The van der Waals surface area contributed by atoms with E-state index < -0.39 is 22.9 Å². The predicted octanol–water partition coefficient (Wildman–Crippen LogP) is 4.26. The van der Waals surface area contributed by atoms with Crippen molar-refractivity contribution in [3.63, 3.8) is 0 Å². The molecule has 1 aromatic rings. The number of benzene rings is 1. The van der Waals surface area contributed by atoms with E-state index in [2.05, 4.69) is 4.99 Å². The van der Waals surface area contributed by atoms with Gasteiger partial charge in [-0.2, -0.15) is 13.2 Å². The first-order valence-corrected chi connectivity index (χ1v) is 5.03. The van der Waals surface area contributed by atoms with Crippen LogP contribution in [0.15, 0.2) is 23.2 Å². The summed E-state index contributed by atoms with van der Waals surface area (Å²) >= 11 is 6.69. The number of hydrogen-bond donors (Lipinski definition) is 0. The van der Waals surface area contributed by atoms with Gasteiger partial charge in [0.05, 0.1) is 0 Å². The second kappa shape index (κ2) is 4.65. The maximum absolute atomic E-state index is 13.1. The highest BCUT2D eigenvalue weighted by Gasteiger charge is 2.34. The zero-order valence-electron chi connectivity index (χ0n) is 6.95. The fourth-order valence-corrected chi connectivity index (χ4v) is 1.29. The van der Waals surface area contributed by atoms with Crippen molar-refractivity contribution < 1.29 is 17.6 Å². The topological polar surface area (TPSA) is 12.4 Å². The summed E-state index contributed by atoms with van der Waals surface area (Å²) in [6.45, 7) is 0. The van der Waals surface area contributed by atoms with E-state index in [9.17, 15) is 17.6 Å². The molecule has 15 heavy (non-hydrogen) atoms. The van der Waals surface area contributed by atoms with Gasteiger partial charge < -0.3 is 0 Å². The third-order valence-electron chi connectivity index (χ3n) is 1.36. The molecule has 0 atom stereocenters. The van der Waals surface area contributed by atoms with Gasteiger partial charge in [-0.1, -0.05) is 11.6 Å². The van der Waals surface area contributed by atoms with Crippen LogP contribution in [0.5, 0.6) is 0 Å². The Hall–Kier alpha value is -0.370. The standard InChI is InChI=1S/C8H3ClF4IN/c9-7(8(11,12)13)15-6-2-1-4(14)3-5(6)10/h1-3H. The number of nitrogens with zero attached hydrogens (tertiary/aromatic N) is 1. The lowest BCUT2D eigenvalue weighted by Crippen LogP contribution is -2.16. The molecular weight excluding hydrogens is 348 g/mol. The van der Waals surface area contributed by atoms with Crippen LogP contribution in [0.4, 0.5) is 23.2 Å². The molecule has 0 radical (unpaired) electrons. The van der Waals surface area contributed by atoms with Gasteiger partial charge in [-0.15, -0.1) is 0 Å². The Labute approximate surface area is 101 Å². The quantitative estimate of drug-likeness (QED) is 0.407. The Morgan fingerprint density at radius 2 is 1.93 bits per heavy atom. The third kappa shape index (κ3) is 3.60. The molecule has 1 rings (SSSR count). The van der Waals surface area contributed by atoms with E-state index in [1.165, 1.54) is 6.07 Å². The van der Waals surface area contributed by atoms with Gasteiger partial charge >= 0.3 is 6.18 Å². The van der Waals surface area contributed by atoms with Crippen molar-refractivity contribution in [3.8, 4) is 0 Å². The van der Waals surface area contributed by atoms with Gasteiger partial charge in [0.1, 0.15) is 11.5 Å². The summed E-state index contributed by atoms with van der Waals surface area (Å²) in [5.41, 5.74) is -0.433. The highest BCUT2D eigenvalue weighted by Crippen LogP contribution is 2.26. The smallest absolute Gasteiger partial charge is 0.229 e. The molecule has 0 saturated carbocycles. The molecule has 82 valence electrons. The molecular formula is C8H3ClF4IN. The maximum atomic E-state index is 13.1. The van der Waals surface area contributed by atoms with Crippen LogP contribution in [0.2, 0.25) is 0 Å².